The van der Waals surface area contributed by atoms with Crippen LogP contribution in [-0.2, 0) is 10.5 Å². The number of benzene rings is 1. The minimum atomic E-state index is -1.94. The quantitative estimate of drug-likeness (QED) is 0.669. The van der Waals surface area contributed by atoms with Crippen LogP contribution >= 0.6 is 0 Å². The fraction of sp³-hybridized carbons (Fsp3) is 0.300. The molecular formula is C10H11FO2. The summed E-state index contributed by atoms with van der Waals surface area (Å²) in [5, 5.41) is 0. The number of carbonyl (C=O) groups is 1. The average molecular weight is 182 g/mol. The summed E-state index contributed by atoms with van der Waals surface area (Å²) < 4.78 is 18.4. The predicted octanol–water partition coefficient (Wildman–Crippen LogP) is 2.08. The molecule has 0 aliphatic rings. The molecule has 0 heterocycles. The van der Waals surface area contributed by atoms with Crippen LogP contribution in [0.5, 0.6) is 5.75 Å². The molecule has 1 aromatic carbocycles. The van der Waals surface area contributed by atoms with Crippen molar-refractivity contribution in [3.8, 4) is 5.75 Å². The lowest BCUT2D eigenvalue weighted by Gasteiger charge is -2.13. The van der Waals surface area contributed by atoms with Crippen molar-refractivity contribution >= 4 is 6.29 Å². The van der Waals surface area contributed by atoms with Crippen molar-refractivity contribution in [3.05, 3.63) is 29.8 Å². The smallest absolute Gasteiger partial charge is 0.188 e. The van der Waals surface area contributed by atoms with E-state index in [-0.39, 0.29) is 6.29 Å². The lowest BCUT2D eigenvalue weighted by molar-refractivity contribution is -0.117. The van der Waals surface area contributed by atoms with Gasteiger partial charge in [-0.15, -0.1) is 0 Å². The van der Waals surface area contributed by atoms with Crippen molar-refractivity contribution in [1.29, 1.82) is 0 Å². The van der Waals surface area contributed by atoms with Crippen LogP contribution in [0.3, 0.4) is 0 Å². The zero-order chi connectivity index (χ0) is 9.90. The van der Waals surface area contributed by atoms with Gasteiger partial charge in [0, 0.05) is 0 Å². The highest BCUT2D eigenvalue weighted by Crippen LogP contribution is 2.25. The first-order valence-corrected chi connectivity index (χ1v) is 3.90. The number of aldehydes is 1. The molecule has 70 valence electrons. The molecule has 0 bridgehead atoms. The van der Waals surface area contributed by atoms with Crippen LogP contribution in [-0.4, -0.2) is 13.4 Å². The van der Waals surface area contributed by atoms with E-state index in [0.717, 1.165) is 0 Å². The third kappa shape index (κ3) is 2.05. The highest BCUT2D eigenvalue weighted by molar-refractivity contribution is 5.65. The van der Waals surface area contributed by atoms with Gasteiger partial charge in [-0.1, -0.05) is 12.1 Å². The number of halogens is 1. The van der Waals surface area contributed by atoms with Gasteiger partial charge in [0.1, 0.15) is 5.75 Å². The summed E-state index contributed by atoms with van der Waals surface area (Å²) in [5.41, 5.74) is -1.63. The van der Waals surface area contributed by atoms with E-state index in [0.29, 0.717) is 11.3 Å². The first-order valence-electron chi connectivity index (χ1n) is 3.90. The third-order valence-corrected chi connectivity index (χ3v) is 1.86. The Morgan fingerprint density at radius 2 is 2.23 bits per heavy atom. The van der Waals surface area contributed by atoms with Gasteiger partial charge in [0.15, 0.2) is 12.0 Å². The Morgan fingerprint density at radius 3 is 2.77 bits per heavy atom. The number of hydrogen-bond donors (Lipinski definition) is 0. The maximum absolute atomic E-state index is 13.4. The molecular weight excluding hydrogens is 171 g/mol. The standard InChI is InChI=1S/C10H11FO2/c1-10(11,7-12)8-4-3-5-9(6-8)13-2/h3-7H,1-2H3. The Labute approximate surface area is 76.3 Å². The van der Waals surface area contributed by atoms with Crippen LogP contribution in [0.4, 0.5) is 4.39 Å². The monoisotopic (exact) mass is 182 g/mol. The van der Waals surface area contributed by atoms with E-state index in [4.69, 9.17) is 4.74 Å². The van der Waals surface area contributed by atoms with Crippen LogP contribution in [0.1, 0.15) is 12.5 Å². The maximum atomic E-state index is 13.4. The normalized spacial score (nSPS) is 14.7. The molecule has 1 atom stereocenters. The summed E-state index contributed by atoms with van der Waals surface area (Å²) in [7, 11) is 1.50. The van der Waals surface area contributed by atoms with Gasteiger partial charge in [0.25, 0.3) is 0 Å². The molecule has 1 unspecified atom stereocenters. The van der Waals surface area contributed by atoms with Crippen molar-refractivity contribution in [2.75, 3.05) is 7.11 Å². The zero-order valence-corrected chi connectivity index (χ0v) is 7.58. The molecule has 0 saturated heterocycles. The van der Waals surface area contributed by atoms with Crippen LogP contribution in [0.15, 0.2) is 24.3 Å². The highest BCUT2D eigenvalue weighted by Gasteiger charge is 2.24. The Bertz CT molecular complexity index is 308. The van der Waals surface area contributed by atoms with Gasteiger partial charge in [-0.3, -0.25) is 4.79 Å². The van der Waals surface area contributed by atoms with Crippen LogP contribution in [0.2, 0.25) is 0 Å². The molecule has 0 N–H and O–H groups in total. The maximum Gasteiger partial charge on any atom is 0.188 e. The van der Waals surface area contributed by atoms with E-state index in [9.17, 15) is 9.18 Å². The van der Waals surface area contributed by atoms with Crippen molar-refractivity contribution in [2.24, 2.45) is 0 Å². The van der Waals surface area contributed by atoms with Gasteiger partial charge in [0.2, 0.25) is 0 Å². The molecule has 0 radical (unpaired) electrons. The van der Waals surface area contributed by atoms with Crippen LogP contribution < -0.4 is 4.74 Å². The lowest BCUT2D eigenvalue weighted by atomic mass is 10.00. The predicted molar refractivity (Wildman–Crippen MR) is 47.5 cm³/mol. The summed E-state index contributed by atoms with van der Waals surface area (Å²) in [4.78, 5) is 10.4. The summed E-state index contributed by atoms with van der Waals surface area (Å²) >= 11 is 0. The molecule has 0 saturated carbocycles. The SMILES string of the molecule is COc1cccc(C(C)(F)C=O)c1. The second-order valence-corrected chi connectivity index (χ2v) is 2.93. The van der Waals surface area contributed by atoms with Gasteiger partial charge in [-0.05, 0) is 24.6 Å². The van der Waals surface area contributed by atoms with Crippen molar-refractivity contribution in [2.45, 2.75) is 12.6 Å². The zero-order valence-electron chi connectivity index (χ0n) is 7.58. The van der Waals surface area contributed by atoms with Gasteiger partial charge >= 0.3 is 0 Å². The molecule has 0 fully saturated rings. The molecule has 0 amide bonds. The summed E-state index contributed by atoms with van der Waals surface area (Å²) in [6.07, 6.45) is 0.280. The number of alkyl halides is 1. The van der Waals surface area contributed by atoms with E-state index in [2.05, 4.69) is 0 Å². The minimum Gasteiger partial charge on any atom is -0.497 e. The summed E-state index contributed by atoms with van der Waals surface area (Å²) in [6.45, 7) is 1.22. The van der Waals surface area contributed by atoms with E-state index >= 15 is 0 Å². The highest BCUT2D eigenvalue weighted by atomic mass is 19.1. The topological polar surface area (TPSA) is 26.3 Å². The number of carbonyl (C=O) groups excluding carboxylic acids is 1. The summed E-state index contributed by atoms with van der Waals surface area (Å²) in [6, 6.07) is 6.41. The third-order valence-electron chi connectivity index (χ3n) is 1.86. The van der Waals surface area contributed by atoms with E-state index < -0.39 is 5.67 Å². The van der Waals surface area contributed by atoms with Gasteiger partial charge in [-0.2, -0.15) is 0 Å². The Kier molecular flexibility index (Phi) is 2.66. The second-order valence-electron chi connectivity index (χ2n) is 2.93. The molecule has 3 heteroatoms. The average Bonchev–Trinajstić information content (AvgIpc) is 2.18. The van der Waals surface area contributed by atoms with Gasteiger partial charge in [0.05, 0.1) is 7.11 Å². The van der Waals surface area contributed by atoms with Gasteiger partial charge < -0.3 is 4.74 Å². The van der Waals surface area contributed by atoms with Crippen molar-refractivity contribution < 1.29 is 13.9 Å². The molecule has 0 aliphatic carbocycles. The first kappa shape index (κ1) is 9.71. The molecule has 1 rings (SSSR count). The fourth-order valence-electron chi connectivity index (χ4n) is 0.995. The Hall–Kier alpha value is -1.38. The Balaban J connectivity index is 3.08. The van der Waals surface area contributed by atoms with Crippen LogP contribution in [0.25, 0.3) is 0 Å². The number of methoxy groups -OCH3 is 1. The number of hydrogen-bond acceptors (Lipinski definition) is 2. The molecule has 0 aliphatic heterocycles. The largest absolute Gasteiger partial charge is 0.497 e. The van der Waals surface area contributed by atoms with Crippen LogP contribution in [0, 0.1) is 0 Å². The second kappa shape index (κ2) is 3.56. The molecule has 0 spiro atoms. The van der Waals surface area contributed by atoms with E-state index in [1.165, 1.54) is 20.1 Å². The molecule has 13 heavy (non-hydrogen) atoms. The number of ether oxygens (including phenoxy) is 1. The van der Waals surface area contributed by atoms with Crippen molar-refractivity contribution in [3.63, 3.8) is 0 Å². The lowest BCUT2D eigenvalue weighted by Crippen LogP contribution is -2.16. The minimum absolute atomic E-state index is 0.280. The molecule has 2 nitrogen and oxygen atoms in total. The fourth-order valence-corrected chi connectivity index (χ4v) is 0.995. The van der Waals surface area contributed by atoms with Crippen molar-refractivity contribution in [1.82, 2.24) is 0 Å². The van der Waals surface area contributed by atoms with Gasteiger partial charge in [-0.25, -0.2) is 4.39 Å². The summed E-state index contributed by atoms with van der Waals surface area (Å²) in [5.74, 6) is 0.545. The van der Waals surface area contributed by atoms with E-state index in [1.54, 1.807) is 18.2 Å². The Morgan fingerprint density at radius 1 is 1.54 bits per heavy atom. The first-order chi connectivity index (χ1) is 6.10. The number of rotatable bonds is 3. The van der Waals surface area contributed by atoms with E-state index in [1.807, 2.05) is 0 Å². The molecule has 0 aromatic heterocycles. The molecule has 1 aromatic rings.